The van der Waals surface area contributed by atoms with Crippen LogP contribution in [0.4, 0.5) is 4.79 Å². The van der Waals surface area contributed by atoms with E-state index in [9.17, 15) is 9.59 Å². The van der Waals surface area contributed by atoms with Crippen molar-refractivity contribution in [2.24, 2.45) is 0 Å². The van der Waals surface area contributed by atoms with E-state index in [1.54, 1.807) is 12.1 Å². The average Bonchev–Trinajstić information content (AvgIpc) is 2.95. The fourth-order valence-electron chi connectivity index (χ4n) is 2.78. The van der Waals surface area contributed by atoms with Gasteiger partial charge < -0.3 is 15.2 Å². The maximum atomic E-state index is 11.9. The third-order valence-electron chi connectivity index (χ3n) is 3.92. The Morgan fingerprint density at radius 1 is 1.09 bits per heavy atom. The number of ether oxygens (including phenoxy) is 1. The van der Waals surface area contributed by atoms with Crippen LogP contribution in [0.3, 0.4) is 0 Å². The number of fused-ring (bicyclic) bond motifs is 1. The molecule has 0 radical (unpaired) electrons. The Hall–Kier alpha value is -2.82. The van der Waals surface area contributed by atoms with Gasteiger partial charge in [-0.3, -0.25) is 0 Å². The number of carbonyl (C=O) groups excluding carboxylic acids is 1. The minimum atomic E-state index is -0.938. The molecule has 0 spiro atoms. The molecule has 0 bridgehead atoms. The molecule has 0 saturated heterocycles. The van der Waals surface area contributed by atoms with Gasteiger partial charge in [0.25, 0.3) is 0 Å². The lowest BCUT2D eigenvalue weighted by molar-refractivity contribution is 0.0696. The first kappa shape index (κ1) is 15.1. The van der Waals surface area contributed by atoms with E-state index in [0.717, 1.165) is 16.7 Å². The van der Waals surface area contributed by atoms with Gasteiger partial charge in [-0.15, -0.1) is 0 Å². The van der Waals surface area contributed by atoms with Crippen molar-refractivity contribution in [2.75, 3.05) is 0 Å². The first-order valence-corrected chi connectivity index (χ1v) is 7.44. The lowest BCUT2D eigenvalue weighted by atomic mass is 10.1. The largest absolute Gasteiger partial charge is 0.478 e. The summed E-state index contributed by atoms with van der Waals surface area (Å²) in [5.41, 5.74) is 3.25. The molecule has 5 heteroatoms. The summed E-state index contributed by atoms with van der Waals surface area (Å²) < 4.78 is 5.21. The van der Waals surface area contributed by atoms with Crippen molar-refractivity contribution in [1.82, 2.24) is 5.32 Å². The molecule has 1 atom stereocenters. The molecular weight excluding hydrogens is 294 g/mol. The number of aromatic carboxylic acids is 1. The summed E-state index contributed by atoms with van der Waals surface area (Å²) >= 11 is 0. The summed E-state index contributed by atoms with van der Waals surface area (Å²) in [5.74, 6) is -0.938. The predicted octanol–water partition coefficient (Wildman–Crippen LogP) is 2.78. The molecule has 2 aromatic carbocycles. The van der Waals surface area contributed by atoms with Gasteiger partial charge in [0, 0.05) is 6.04 Å². The van der Waals surface area contributed by atoms with E-state index in [1.807, 2.05) is 36.4 Å². The third kappa shape index (κ3) is 3.69. The minimum absolute atomic E-state index is 0.0580. The molecule has 2 aromatic rings. The van der Waals surface area contributed by atoms with Gasteiger partial charge in [0.1, 0.15) is 6.61 Å². The van der Waals surface area contributed by atoms with E-state index in [-0.39, 0.29) is 18.2 Å². The number of carbonyl (C=O) groups is 2. The molecule has 2 N–H and O–H groups in total. The predicted molar refractivity (Wildman–Crippen MR) is 84.4 cm³/mol. The van der Waals surface area contributed by atoms with Crippen LogP contribution < -0.4 is 5.32 Å². The Labute approximate surface area is 133 Å². The standard InChI is InChI=1S/C18H17NO4/c20-17(21)14-7-6-13-9-16(10-15(13)8-14)19-18(22)23-11-12-4-2-1-3-5-12/h1-8,16H,9-11H2,(H,19,22)(H,20,21)/t16-/m0/s1. The number of carboxylic acids is 1. The van der Waals surface area contributed by atoms with Crippen LogP contribution in [-0.4, -0.2) is 23.2 Å². The quantitative estimate of drug-likeness (QED) is 0.910. The van der Waals surface area contributed by atoms with Gasteiger partial charge in [-0.25, -0.2) is 9.59 Å². The molecule has 3 rings (SSSR count). The van der Waals surface area contributed by atoms with Gasteiger partial charge in [-0.05, 0) is 41.7 Å². The fourth-order valence-corrected chi connectivity index (χ4v) is 2.78. The topological polar surface area (TPSA) is 75.6 Å². The molecule has 5 nitrogen and oxygen atoms in total. The molecule has 23 heavy (non-hydrogen) atoms. The number of hydrogen-bond donors (Lipinski definition) is 2. The molecule has 0 unspecified atom stereocenters. The maximum Gasteiger partial charge on any atom is 0.407 e. The Bertz CT molecular complexity index is 727. The molecule has 0 fully saturated rings. The monoisotopic (exact) mass is 311 g/mol. The SMILES string of the molecule is O=C(N[C@H]1Cc2ccc(C(=O)O)cc2C1)OCc1ccccc1. The van der Waals surface area contributed by atoms with Crippen LogP contribution in [0.1, 0.15) is 27.0 Å². The summed E-state index contributed by atoms with van der Waals surface area (Å²) in [6.07, 6.45) is 0.858. The normalized spacial score (nSPS) is 15.7. The van der Waals surface area contributed by atoms with Crippen molar-refractivity contribution in [1.29, 1.82) is 0 Å². The number of alkyl carbamates (subject to hydrolysis) is 1. The second-order valence-corrected chi connectivity index (χ2v) is 5.60. The Morgan fingerprint density at radius 3 is 2.57 bits per heavy atom. The Balaban J connectivity index is 1.53. The van der Waals surface area contributed by atoms with Crippen LogP contribution in [0.25, 0.3) is 0 Å². The number of amides is 1. The Morgan fingerprint density at radius 2 is 1.83 bits per heavy atom. The van der Waals surface area contributed by atoms with Crippen LogP contribution in [0.5, 0.6) is 0 Å². The zero-order chi connectivity index (χ0) is 16.2. The summed E-state index contributed by atoms with van der Waals surface area (Å²) in [7, 11) is 0. The van der Waals surface area contributed by atoms with E-state index in [1.165, 1.54) is 0 Å². The molecule has 0 saturated carbocycles. The number of nitrogens with one attached hydrogen (secondary N) is 1. The van der Waals surface area contributed by atoms with Gasteiger partial charge in [0.2, 0.25) is 0 Å². The zero-order valence-corrected chi connectivity index (χ0v) is 12.5. The number of benzene rings is 2. The molecular formula is C18H17NO4. The van der Waals surface area contributed by atoms with Crippen molar-refractivity contribution < 1.29 is 19.4 Å². The summed E-state index contributed by atoms with van der Waals surface area (Å²) in [6.45, 7) is 0.232. The second-order valence-electron chi connectivity index (χ2n) is 5.60. The zero-order valence-electron chi connectivity index (χ0n) is 12.5. The highest BCUT2D eigenvalue weighted by molar-refractivity contribution is 5.88. The first-order valence-electron chi connectivity index (χ1n) is 7.44. The van der Waals surface area contributed by atoms with Gasteiger partial charge in [-0.1, -0.05) is 36.4 Å². The Kier molecular flexibility index (Phi) is 4.28. The number of hydrogen-bond acceptors (Lipinski definition) is 3. The van der Waals surface area contributed by atoms with E-state index < -0.39 is 12.1 Å². The van der Waals surface area contributed by atoms with Crippen molar-refractivity contribution in [3.8, 4) is 0 Å². The van der Waals surface area contributed by atoms with Gasteiger partial charge >= 0.3 is 12.1 Å². The highest BCUT2D eigenvalue weighted by Crippen LogP contribution is 2.23. The molecule has 0 heterocycles. The first-order chi connectivity index (χ1) is 11.1. The summed E-state index contributed by atoms with van der Waals surface area (Å²) in [4.78, 5) is 22.9. The van der Waals surface area contributed by atoms with Crippen LogP contribution in [0.2, 0.25) is 0 Å². The van der Waals surface area contributed by atoms with Crippen molar-refractivity contribution >= 4 is 12.1 Å². The van der Waals surface area contributed by atoms with Crippen LogP contribution in [-0.2, 0) is 24.2 Å². The number of carboxylic acid groups (broad SMARTS) is 1. The molecule has 1 amide bonds. The van der Waals surface area contributed by atoms with Crippen LogP contribution in [0.15, 0.2) is 48.5 Å². The average molecular weight is 311 g/mol. The lowest BCUT2D eigenvalue weighted by Crippen LogP contribution is -2.35. The maximum absolute atomic E-state index is 11.9. The van der Waals surface area contributed by atoms with Crippen molar-refractivity contribution in [3.05, 3.63) is 70.8 Å². The van der Waals surface area contributed by atoms with Crippen molar-refractivity contribution in [3.63, 3.8) is 0 Å². The highest BCUT2D eigenvalue weighted by atomic mass is 16.5. The lowest BCUT2D eigenvalue weighted by Gasteiger charge is -2.12. The van der Waals surface area contributed by atoms with Crippen molar-refractivity contribution in [2.45, 2.75) is 25.5 Å². The molecule has 0 aliphatic heterocycles. The van der Waals surface area contributed by atoms with Gasteiger partial charge in [0.15, 0.2) is 0 Å². The third-order valence-corrected chi connectivity index (χ3v) is 3.92. The van der Waals surface area contributed by atoms with Gasteiger partial charge in [0.05, 0.1) is 5.56 Å². The number of rotatable bonds is 4. The molecule has 1 aliphatic carbocycles. The molecule has 1 aliphatic rings. The smallest absolute Gasteiger partial charge is 0.407 e. The second kappa shape index (κ2) is 6.52. The fraction of sp³-hybridized carbons (Fsp3) is 0.222. The highest BCUT2D eigenvalue weighted by Gasteiger charge is 2.24. The molecule has 118 valence electrons. The summed E-state index contributed by atoms with van der Waals surface area (Å²) in [6, 6.07) is 14.5. The van der Waals surface area contributed by atoms with E-state index in [4.69, 9.17) is 9.84 Å². The van der Waals surface area contributed by atoms with E-state index >= 15 is 0 Å². The summed E-state index contributed by atoms with van der Waals surface area (Å²) in [5, 5.41) is 11.9. The van der Waals surface area contributed by atoms with E-state index in [0.29, 0.717) is 12.8 Å². The van der Waals surface area contributed by atoms with Crippen LogP contribution in [0, 0.1) is 0 Å². The molecule has 0 aromatic heterocycles. The minimum Gasteiger partial charge on any atom is -0.478 e. The van der Waals surface area contributed by atoms with E-state index in [2.05, 4.69) is 5.32 Å². The van der Waals surface area contributed by atoms with Gasteiger partial charge in [-0.2, -0.15) is 0 Å². The van der Waals surface area contributed by atoms with Crippen LogP contribution >= 0.6 is 0 Å².